The van der Waals surface area contributed by atoms with Gasteiger partial charge in [-0.05, 0) is 17.7 Å². The predicted octanol–water partition coefficient (Wildman–Crippen LogP) is 1.20. The van der Waals surface area contributed by atoms with Crippen molar-refractivity contribution in [2.75, 3.05) is 0 Å². The minimum Gasteiger partial charge on any atom is -0.477 e. The number of nitrogens with zero attached hydrogens (tertiary/aromatic N) is 4. The number of carboxylic acid groups (broad SMARTS) is 1. The smallest absolute Gasteiger partial charge is 0.354 e. The molecule has 2 rings (SSSR count). The van der Waals surface area contributed by atoms with E-state index in [-0.39, 0.29) is 5.69 Å². The number of aromatic carboxylic acids is 1. The van der Waals surface area contributed by atoms with E-state index >= 15 is 0 Å². The zero-order valence-corrected chi connectivity index (χ0v) is 9.89. The lowest BCUT2D eigenvalue weighted by Crippen LogP contribution is -2.00. The normalized spacial score (nSPS) is 10.4. The molecule has 0 saturated carbocycles. The number of aromatic nitrogens is 4. The molecule has 0 amide bonds. The fourth-order valence-electron chi connectivity index (χ4n) is 1.25. The van der Waals surface area contributed by atoms with E-state index in [2.05, 4.69) is 15.1 Å². The summed E-state index contributed by atoms with van der Waals surface area (Å²) in [6, 6.07) is 3.35. The van der Waals surface area contributed by atoms with Crippen LogP contribution in [0.3, 0.4) is 0 Å². The van der Waals surface area contributed by atoms with Crippen LogP contribution < -0.4 is 0 Å². The van der Waals surface area contributed by atoms with Crippen molar-refractivity contribution in [3.05, 3.63) is 35.9 Å². The zero-order chi connectivity index (χ0) is 12.3. The first-order valence-corrected chi connectivity index (χ1v) is 5.80. The Hall–Kier alpha value is -1.89. The van der Waals surface area contributed by atoms with E-state index in [0.29, 0.717) is 5.75 Å². The van der Waals surface area contributed by atoms with Crippen molar-refractivity contribution < 1.29 is 9.90 Å². The molecule has 7 heteroatoms. The lowest BCUT2D eigenvalue weighted by molar-refractivity contribution is 0.0690. The molecule has 6 nitrogen and oxygen atoms in total. The number of hydrogen-bond donors (Lipinski definition) is 1. The van der Waals surface area contributed by atoms with Crippen molar-refractivity contribution in [2.24, 2.45) is 7.05 Å². The molecule has 2 aromatic rings. The lowest BCUT2D eigenvalue weighted by atomic mass is 10.2. The number of carboxylic acids is 1. The van der Waals surface area contributed by atoms with Crippen molar-refractivity contribution in [3.8, 4) is 0 Å². The second-order valence-corrected chi connectivity index (χ2v) is 4.25. The molecule has 0 radical (unpaired) electrons. The quantitative estimate of drug-likeness (QED) is 0.821. The van der Waals surface area contributed by atoms with Gasteiger partial charge >= 0.3 is 5.97 Å². The number of aryl methyl sites for hydroxylation is 1. The molecule has 0 aliphatic carbocycles. The highest BCUT2D eigenvalue weighted by atomic mass is 32.2. The molecular weight excluding hydrogens is 240 g/mol. The van der Waals surface area contributed by atoms with Gasteiger partial charge in [0.05, 0.1) is 0 Å². The SMILES string of the molecule is Cn1ncnc1SCc1ccnc(C(=O)O)c1. The van der Waals surface area contributed by atoms with E-state index in [1.807, 2.05) is 7.05 Å². The second-order valence-electron chi connectivity index (χ2n) is 3.31. The monoisotopic (exact) mass is 250 g/mol. The summed E-state index contributed by atoms with van der Waals surface area (Å²) in [5.74, 6) is -0.384. The highest BCUT2D eigenvalue weighted by Crippen LogP contribution is 2.19. The summed E-state index contributed by atoms with van der Waals surface area (Å²) < 4.78 is 1.67. The molecule has 1 N–H and O–H groups in total. The zero-order valence-electron chi connectivity index (χ0n) is 9.07. The molecule has 2 heterocycles. The third-order valence-electron chi connectivity index (χ3n) is 2.08. The van der Waals surface area contributed by atoms with Crippen LogP contribution in [0, 0.1) is 0 Å². The minimum atomic E-state index is -1.02. The highest BCUT2D eigenvalue weighted by molar-refractivity contribution is 7.98. The minimum absolute atomic E-state index is 0.0565. The first kappa shape index (κ1) is 11.6. The van der Waals surface area contributed by atoms with Crippen LogP contribution in [0.1, 0.15) is 16.1 Å². The molecule has 0 aliphatic rings. The summed E-state index contributed by atoms with van der Waals surface area (Å²) in [6.07, 6.45) is 2.98. The number of pyridine rings is 1. The third kappa shape index (κ3) is 2.82. The summed E-state index contributed by atoms with van der Waals surface area (Å²) in [4.78, 5) is 18.6. The van der Waals surface area contributed by atoms with E-state index in [9.17, 15) is 4.79 Å². The van der Waals surface area contributed by atoms with Gasteiger partial charge in [0.2, 0.25) is 0 Å². The van der Waals surface area contributed by atoms with Crippen molar-refractivity contribution in [3.63, 3.8) is 0 Å². The predicted molar refractivity (Wildman–Crippen MR) is 61.8 cm³/mol. The van der Waals surface area contributed by atoms with E-state index < -0.39 is 5.97 Å². The van der Waals surface area contributed by atoms with Crippen LogP contribution in [-0.2, 0) is 12.8 Å². The van der Waals surface area contributed by atoms with Gasteiger partial charge in [-0.15, -0.1) is 0 Å². The van der Waals surface area contributed by atoms with Crippen LogP contribution in [0.25, 0.3) is 0 Å². The number of carbonyl (C=O) groups is 1. The summed E-state index contributed by atoms with van der Waals surface area (Å²) >= 11 is 1.50. The van der Waals surface area contributed by atoms with E-state index in [0.717, 1.165) is 10.7 Å². The Labute approximate surface area is 102 Å². The van der Waals surface area contributed by atoms with Gasteiger partial charge in [0.1, 0.15) is 12.0 Å². The summed E-state index contributed by atoms with van der Waals surface area (Å²) in [6.45, 7) is 0. The summed E-state index contributed by atoms with van der Waals surface area (Å²) in [5, 5.41) is 13.6. The van der Waals surface area contributed by atoms with E-state index in [1.165, 1.54) is 24.3 Å². The number of hydrogen-bond acceptors (Lipinski definition) is 5. The van der Waals surface area contributed by atoms with Crippen molar-refractivity contribution in [1.82, 2.24) is 19.7 Å². The van der Waals surface area contributed by atoms with Crippen molar-refractivity contribution in [2.45, 2.75) is 10.9 Å². The topological polar surface area (TPSA) is 80.9 Å². The molecular formula is C10H10N4O2S. The Morgan fingerprint density at radius 2 is 2.35 bits per heavy atom. The van der Waals surface area contributed by atoms with Gasteiger partial charge in [0.25, 0.3) is 0 Å². The van der Waals surface area contributed by atoms with Crippen LogP contribution in [0.5, 0.6) is 0 Å². The maximum absolute atomic E-state index is 10.7. The Balaban J connectivity index is 2.07. The summed E-state index contributed by atoms with van der Waals surface area (Å²) in [7, 11) is 1.81. The van der Waals surface area contributed by atoms with E-state index in [1.54, 1.807) is 16.8 Å². The van der Waals surface area contributed by atoms with Crippen LogP contribution in [0.15, 0.2) is 29.8 Å². The molecule has 88 valence electrons. The van der Waals surface area contributed by atoms with E-state index in [4.69, 9.17) is 5.11 Å². The maximum atomic E-state index is 10.7. The average molecular weight is 250 g/mol. The van der Waals surface area contributed by atoms with Crippen molar-refractivity contribution >= 4 is 17.7 Å². The number of thioether (sulfide) groups is 1. The number of rotatable bonds is 4. The molecule has 0 aliphatic heterocycles. The first-order valence-electron chi connectivity index (χ1n) is 4.82. The molecule has 2 aromatic heterocycles. The van der Waals surface area contributed by atoms with Gasteiger partial charge in [0.15, 0.2) is 5.16 Å². The van der Waals surface area contributed by atoms with Gasteiger partial charge in [0, 0.05) is 19.0 Å². The molecule has 0 saturated heterocycles. The molecule has 0 aromatic carbocycles. The molecule has 0 atom stereocenters. The van der Waals surface area contributed by atoms with Gasteiger partial charge in [-0.1, -0.05) is 11.8 Å². The fraction of sp³-hybridized carbons (Fsp3) is 0.200. The molecule has 0 fully saturated rings. The van der Waals surface area contributed by atoms with Crippen LogP contribution in [0.2, 0.25) is 0 Å². The average Bonchev–Trinajstić information content (AvgIpc) is 2.72. The van der Waals surface area contributed by atoms with Crippen LogP contribution in [0.4, 0.5) is 0 Å². The summed E-state index contributed by atoms with van der Waals surface area (Å²) in [5.41, 5.74) is 0.950. The van der Waals surface area contributed by atoms with Crippen LogP contribution >= 0.6 is 11.8 Å². The first-order chi connectivity index (χ1) is 8.16. The largest absolute Gasteiger partial charge is 0.477 e. The van der Waals surface area contributed by atoms with Gasteiger partial charge in [-0.25, -0.2) is 19.4 Å². The Kier molecular flexibility index (Phi) is 3.38. The van der Waals surface area contributed by atoms with Gasteiger partial charge in [-0.3, -0.25) is 0 Å². The Bertz CT molecular complexity index is 541. The maximum Gasteiger partial charge on any atom is 0.354 e. The molecule has 17 heavy (non-hydrogen) atoms. The Morgan fingerprint density at radius 1 is 1.53 bits per heavy atom. The standard InChI is InChI=1S/C10H10N4O2S/c1-14-10(12-6-13-14)17-5-7-2-3-11-8(4-7)9(15)16/h2-4,6H,5H2,1H3,(H,15,16). The molecule has 0 unspecified atom stereocenters. The van der Waals surface area contributed by atoms with Gasteiger partial charge < -0.3 is 5.11 Å². The fourth-order valence-corrected chi connectivity index (χ4v) is 2.08. The molecule has 0 spiro atoms. The lowest BCUT2D eigenvalue weighted by Gasteiger charge is -2.01. The second kappa shape index (κ2) is 4.96. The third-order valence-corrected chi connectivity index (χ3v) is 3.19. The van der Waals surface area contributed by atoms with Crippen LogP contribution in [-0.4, -0.2) is 30.8 Å². The van der Waals surface area contributed by atoms with Gasteiger partial charge in [-0.2, -0.15) is 5.10 Å². The Morgan fingerprint density at radius 3 is 3.00 bits per heavy atom. The highest BCUT2D eigenvalue weighted by Gasteiger charge is 2.06. The van der Waals surface area contributed by atoms with Crippen molar-refractivity contribution in [1.29, 1.82) is 0 Å². The molecule has 0 bridgehead atoms.